The van der Waals surface area contributed by atoms with Gasteiger partial charge < -0.3 is 0 Å². The van der Waals surface area contributed by atoms with Crippen LogP contribution in [0.3, 0.4) is 0 Å². The third-order valence-corrected chi connectivity index (χ3v) is 9.69. The summed E-state index contributed by atoms with van der Waals surface area (Å²) in [5, 5.41) is 0. The molecule has 226 valence electrons. The molecule has 0 aromatic rings. The van der Waals surface area contributed by atoms with Gasteiger partial charge in [-0.2, -0.15) is 0 Å². The summed E-state index contributed by atoms with van der Waals surface area (Å²) in [5.74, 6) is 0. The van der Waals surface area contributed by atoms with Gasteiger partial charge in [0.1, 0.15) is 0 Å². The third kappa shape index (κ3) is 33.3. The normalized spacial score (nSPS) is 11.1. The molecule has 0 spiro atoms. The monoisotopic (exact) mass is 600 g/mol. The predicted octanol–water partition coefficient (Wildman–Crippen LogP) is 11.8. The molecule has 0 aromatic heterocycles. The van der Waals surface area contributed by atoms with Gasteiger partial charge in [0.2, 0.25) is 0 Å². The first-order chi connectivity index (χ1) is 17.3. The van der Waals surface area contributed by atoms with Gasteiger partial charge >= 0.3 is 234 Å². The van der Waals surface area contributed by atoms with Gasteiger partial charge in [0.05, 0.1) is 0 Å². The number of hydrogen-bond acceptors (Lipinski definition) is 2. The largest absolute Gasteiger partial charge is 0.147 e. The number of rotatable bonds is 30. The van der Waals surface area contributed by atoms with Crippen LogP contribution >= 0.6 is 24.8 Å². The van der Waals surface area contributed by atoms with Crippen molar-refractivity contribution in [1.82, 2.24) is 6.76 Å². The van der Waals surface area contributed by atoms with Crippen molar-refractivity contribution < 1.29 is 19.7 Å². The van der Waals surface area contributed by atoms with Crippen molar-refractivity contribution in [2.75, 3.05) is 26.2 Å². The molecule has 0 N–H and O–H groups in total. The van der Waals surface area contributed by atoms with Gasteiger partial charge in [-0.15, -0.1) is 24.8 Å². The molecule has 0 fully saturated rings. The molecular weight excluding hydrogens is 531 g/mol. The molecule has 0 aromatic carbocycles. The average Bonchev–Trinajstić information content (AvgIpc) is 2.87. The van der Waals surface area contributed by atoms with E-state index in [1.54, 1.807) is 0 Å². The number of nitrogens with zero attached hydrogens (tertiary/aromatic N) is 2. The molecular formula is C32H70Cl2N2Ti. The van der Waals surface area contributed by atoms with E-state index in [1.807, 2.05) is 0 Å². The van der Waals surface area contributed by atoms with E-state index < -0.39 is 0 Å². The molecule has 0 aliphatic carbocycles. The van der Waals surface area contributed by atoms with Gasteiger partial charge in [-0.05, 0) is 0 Å². The van der Waals surface area contributed by atoms with Crippen LogP contribution < -0.4 is 0 Å². The summed E-state index contributed by atoms with van der Waals surface area (Å²) in [6, 6.07) is 0. The van der Waals surface area contributed by atoms with Crippen LogP contribution in [0, 0.1) is 0 Å². The van der Waals surface area contributed by atoms with Crippen LogP contribution in [0.1, 0.15) is 182 Å². The van der Waals surface area contributed by atoms with Crippen LogP contribution in [-0.4, -0.2) is 32.9 Å². The molecule has 5 heteroatoms. The van der Waals surface area contributed by atoms with E-state index in [0.717, 1.165) is 0 Å². The standard InChI is InChI=1S/2C16H34N.2ClH.Ti/c2*1-3-5-7-9-11-13-15-17-16-14-12-10-8-6-4-2;;;/h2*3-16H2,1-2H3;2*1H;/q2*-1;;;+2. The van der Waals surface area contributed by atoms with Gasteiger partial charge in [-0.1, -0.05) is 0 Å². The Morgan fingerprint density at radius 1 is 0.297 bits per heavy atom. The first kappa shape index (κ1) is 42.7. The molecule has 0 rings (SSSR count). The molecule has 0 unspecified atom stereocenters. The topological polar surface area (TPSA) is 6.48 Å². The Hall–Kier alpha value is 1.21. The van der Waals surface area contributed by atoms with E-state index in [9.17, 15) is 0 Å². The minimum atomic E-state index is -0.120. The summed E-state index contributed by atoms with van der Waals surface area (Å²) in [5.41, 5.74) is 0. The SMILES string of the molecule is CCCCCCCC[N](CCCCCCCC)[Ti][N](CCCCCCCC)CCCCCCCC.Cl.Cl. The molecule has 0 atom stereocenters. The fourth-order valence-electron chi connectivity index (χ4n) is 4.96. The minimum absolute atomic E-state index is 0. The summed E-state index contributed by atoms with van der Waals surface area (Å²) in [6.45, 7) is 14.8. The van der Waals surface area contributed by atoms with Crippen LogP contribution in [0.2, 0.25) is 0 Å². The smallest absolute Gasteiger partial charge is 0.147 e. The number of hydrogen-bond donors (Lipinski definition) is 0. The van der Waals surface area contributed by atoms with Crippen LogP contribution in [-0.2, 0) is 19.7 Å². The minimum Gasteiger partial charge on any atom is -0.147 e. The second kappa shape index (κ2) is 37.2. The van der Waals surface area contributed by atoms with Crippen molar-refractivity contribution in [1.29, 1.82) is 0 Å². The maximum absolute atomic E-state index is 2.97. The molecule has 0 amide bonds. The summed E-state index contributed by atoms with van der Waals surface area (Å²) < 4.78 is 5.93. The summed E-state index contributed by atoms with van der Waals surface area (Å²) >= 11 is -0.120. The van der Waals surface area contributed by atoms with Crippen LogP contribution in [0.25, 0.3) is 0 Å². The summed E-state index contributed by atoms with van der Waals surface area (Å²) in [6.07, 6.45) is 34.4. The maximum Gasteiger partial charge on any atom is -0.147 e. The molecule has 0 aliphatic rings. The van der Waals surface area contributed by atoms with Crippen LogP contribution in [0.15, 0.2) is 0 Å². The molecule has 0 saturated carbocycles. The van der Waals surface area contributed by atoms with Crippen molar-refractivity contribution in [2.24, 2.45) is 0 Å². The fraction of sp³-hybridized carbons (Fsp3) is 1.00. The zero-order chi connectivity index (χ0) is 25.7. The Morgan fingerprint density at radius 2 is 0.486 bits per heavy atom. The van der Waals surface area contributed by atoms with Gasteiger partial charge in [-0.25, -0.2) is 0 Å². The van der Waals surface area contributed by atoms with Gasteiger partial charge in [0.25, 0.3) is 0 Å². The molecule has 0 bridgehead atoms. The zero-order valence-corrected chi connectivity index (χ0v) is 29.2. The average molecular weight is 602 g/mol. The Labute approximate surface area is 258 Å². The van der Waals surface area contributed by atoms with Gasteiger partial charge in [-0.3, -0.25) is 0 Å². The van der Waals surface area contributed by atoms with Crippen molar-refractivity contribution in [2.45, 2.75) is 182 Å². The maximum atomic E-state index is 2.97. The molecule has 0 heterocycles. The fourth-order valence-corrected chi connectivity index (χ4v) is 7.19. The van der Waals surface area contributed by atoms with E-state index in [1.165, 1.54) is 180 Å². The van der Waals surface area contributed by atoms with E-state index >= 15 is 0 Å². The second-order valence-electron chi connectivity index (χ2n) is 11.1. The summed E-state index contributed by atoms with van der Waals surface area (Å²) in [4.78, 5) is 0. The molecule has 2 nitrogen and oxygen atoms in total. The third-order valence-electron chi connectivity index (χ3n) is 7.41. The first-order valence-electron chi connectivity index (χ1n) is 16.5. The van der Waals surface area contributed by atoms with Crippen molar-refractivity contribution in [3.05, 3.63) is 0 Å². The molecule has 0 radical (unpaired) electrons. The van der Waals surface area contributed by atoms with Crippen molar-refractivity contribution in [3.63, 3.8) is 0 Å². The van der Waals surface area contributed by atoms with Crippen molar-refractivity contribution >= 4 is 24.8 Å². The Bertz CT molecular complexity index is 322. The Balaban J connectivity index is -0.00000578. The van der Waals surface area contributed by atoms with Gasteiger partial charge in [0.15, 0.2) is 0 Å². The van der Waals surface area contributed by atoms with E-state index in [-0.39, 0.29) is 44.5 Å². The second-order valence-corrected chi connectivity index (χ2v) is 13.4. The van der Waals surface area contributed by atoms with Crippen LogP contribution in [0.4, 0.5) is 0 Å². The quantitative estimate of drug-likeness (QED) is 0.0597. The molecule has 0 saturated heterocycles. The number of halogens is 2. The molecule has 37 heavy (non-hydrogen) atoms. The molecule has 0 aliphatic heterocycles. The van der Waals surface area contributed by atoms with E-state index in [2.05, 4.69) is 34.5 Å². The van der Waals surface area contributed by atoms with Crippen LogP contribution in [0.5, 0.6) is 0 Å². The Kier molecular flexibility index (Phi) is 42.9. The number of unbranched alkanes of at least 4 members (excludes halogenated alkanes) is 20. The zero-order valence-electron chi connectivity index (χ0n) is 26.0. The summed E-state index contributed by atoms with van der Waals surface area (Å²) in [7, 11) is 0. The van der Waals surface area contributed by atoms with E-state index in [0.29, 0.717) is 0 Å². The van der Waals surface area contributed by atoms with Crippen molar-refractivity contribution in [3.8, 4) is 0 Å². The first-order valence-corrected chi connectivity index (χ1v) is 17.9. The predicted molar refractivity (Wildman–Crippen MR) is 171 cm³/mol. The van der Waals surface area contributed by atoms with Gasteiger partial charge in [0, 0.05) is 0 Å². The Morgan fingerprint density at radius 3 is 0.703 bits per heavy atom. The van der Waals surface area contributed by atoms with E-state index in [4.69, 9.17) is 0 Å².